The molecule has 0 aliphatic carbocycles. The van der Waals surface area contributed by atoms with Crippen LogP contribution in [-0.2, 0) is 9.59 Å². The van der Waals surface area contributed by atoms with Gasteiger partial charge in [-0.25, -0.2) is 0 Å². The second-order valence-corrected chi connectivity index (χ2v) is 3.75. The van der Waals surface area contributed by atoms with Crippen LogP contribution in [0.4, 0.5) is 0 Å². The highest BCUT2D eigenvalue weighted by Gasteiger charge is 2.13. The molecule has 0 aromatic carbocycles. The zero-order chi connectivity index (χ0) is 12.4. The van der Waals surface area contributed by atoms with Crippen molar-refractivity contribution in [3.63, 3.8) is 0 Å². The van der Waals surface area contributed by atoms with Crippen molar-refractivity contribution < 1.29 is 14.7 Å². The Bertz CT molecular complexity index is 219. The lowest BCUT2D eigenvalue weighted by molar-refractivity contribution is -0.144. The third-order valence-corrected chi connectivity index (χ3v) is 2.41. The van der Waals surface area contributed by atoms with Gasteiger partial charge in [0, 0.05) is 13.0 Å². The summed E-state index contributed by atoms with van der Waals surface area (Å²) < 4.78 is 0. The summed E-state index contributed by atoms with van der Waals surface area (Å²) in [6, 6.07) is 0. The van der Waals surface area contributed by atoms with E-state index in [1.807, 2.05) is 0 Å². The number of rotatable bonds is 9. The van der Waals surface area contributed by atoms with Gasteiger partial charge in [-0.2, -0.15) is 0 Å². The second kappa shape index (κ2) is 9.15. The number of hydrogen-bond acceptors (Lipinski definition) is 3. The number of nitrogens with zero attached hydrogens (tertiary/aromatic N) is 1. The number of carboxylic acid groups (broad SMARTS) is 1. The largest absolute Gasteiger partial charge is 0.480 e. The maximum absolute atomic E-state index is 11.6. The molecular formula is C11H22N2O3. The Kier molecular flexibility index (Phi) is 8.52. The van der Waals surface area contributed by atoms with E-state index in [-0.39, 0.29) is 12.5 Å². The first kappa shape index (κ1) is 14.9. The maximum Gasteiger partial charge on any atom is 0.323 e. The summed E-state index contributed by atoms with van der Waals surface area (Å²) in [6.07, 6.45) is 4.25. The lowest BCUT2D eigenvalue weighted by Gasteiger charge is -2.18. The van der Waals surface area contributed by atoms with E-state index in [0.717, 1.165) is 25.7 Å². The number of carbonyl (C=O) groups excluding carboxylic acids is 1. The Morgan fingerprint density at radius 3 is 2.31 bits per heavy atom. The van der Waals surface area contributed by atoms with Gasteiger partial charge in [-0.1, -0.05) is 12.8 Å². The van der Waals surface area contributed by atoms with Crippen LogP contribution in [0.5, 0.6) is 0 Å². The average Bonchev–Trinajstić information content (AvgIpc) is 2.25. The molecule has 0 spiro atoms. The van der Waals surface area contributed by atoms with Gasteiger partial charge in [0.1, 0.15) is 6.54 Å². The molecular weight excluding hydrogens is 208 g/mol. The fourth-order valence-corrected chi connectivity index (χ4v) is 1.47. The van der Waals surface area contributed by atoms with E-state index in [1.54, 1.807) is 6.92 Å². The maximum atomic E-state index is 11.6. The lowest BCUT2D eigenvalue weighted by atomic mass is 10.1. The molecule has 5 heteroatoms. The highest BCUT2D eigenvalue weighted by Crippen LogP contribution is 2.05. The Balaban J connectivity index is 3.71. The standard InChI is InChI=1S/C11H22N2O3/c1-2-13(9-11(15)16)10(14)7-5-3-4-6-8-12/h2-9,12H2,1H3,(H,15,16). The highest BCUT2D eigenvalue weighted by atomic mass is 16.4. The lowest BCUT2D eigenvalue weighted by Crippen LogP contribution is -2.35. The summed E-state index contributed by atoms with van der Waals surface area (Å²) in [6.45, 7) is 2.73. The van der Waals surface area contributed by atoms with Crippen LogP contribution in [0.3, 0.4) is 0 Å². The number of hydrogen-bond donors (Lipinski definition) is 2. The van der Waals surface area contributed by atoms with Gasteiger partial charge >= 0.3 is 5.97 Å². The van der Waals surface area contributed by atoms with Crippen molar-refractivity contribution in [3.05, 3.63) is 0 Å². The molecule has 0 saturated heterocycles. The SMILES string of the molecule is CCN(CC(=O)O)C(=O)CCCCCCN. The van der Waals surface area contributed by atoms with E-state index in [9.17, 15) is 9.59 Å². The van der Waals surface area contributed by atoms with Crippen molar-refractivity contribution in [2.45, 2.75) is 39.0 Å². The van der Waals surface area contributed by atoms with Crippen LogP contribution in [0.15, 0.2) is 0 Å². The third kappa shape index (κ3) is 7.23. The number of nitrogens with two attached hydrogens (primary N) is 1. The average molecular weight is 230 g/mol. The second-order valence-electron chi connectivity index (χ2n) is 3.75. The number of unbranched alkanes of at least 4 members (excludes halogenated alkanes) is 3. The van der Waals surface area contributed by atoms with Crippen molar-refractivity contribution in [2.75, 3.05) is 19.6 Å². The van der Waals surface area contributed by atoms with Crippen molar-refractivity contribution in [1.82, 2.24) is 4.90 Å². The predicted molar refractivity (Wildman–Crippen MR) is 62.0 cm³/mol. The first-order chi connectivity index (χ1) is 7.61. The minimum Gasteiger partial charge on any atom is -0.480 e. The monoisotopic (exact) mass is 230 g/mol. The molecule has 5 nitrogen and oxygen atoms in total. The molecule has 0 bridgehead atoms. The van der Waals surface area contributed by atoms with E-state index >= 15 is 0 Å². The van der Waals surface area contributed by atoms with Gasteiger partial charge in [-0.15, -0.1) is 0 Å². The third-order valence-electron chi connectivity index (χ3n) is 2.41. The van der Waals surface area contributed by atoms with E-state index in [1.165, 1.54) is 4.90 Å². The molecule has 3 N–H and O–H groups in total. The van der Waals surface area contributed by atoms with E-state index in [2.05, 4.69) is 0 Å². The van der Waals surface area contributed by atoms with Gasteiger partial charge in [-0.05, 0) is 26.3 Å². The normalized spacial score (nSPS) is 10.1. The molecule has 0 unspecified atom stereocenters. The first-order valence-electron chi connectivity index (χ1n) is 5.81. The summed E-state index contributed by atoms with van der Waals surface area (Å²) in [7, 11) is 0. The smallest absolute Gasteiger partial charge is 0.323 e. The molecule has 1 amide bonds. The van der Waals surface area contributed by atoms with Gasteiger partial charge in [0.05, 0.1) is 0 Å². The molecule has 0 aliphatic rings. The van der Waals surface area contributed by atoms with Crippen LogP contribution in [0.25, 0.3) is 0 Å². The van der Waals surface area contributed by atoms with E-state index in [0.29, 0.717) is 19.5 Å². The molecule has 0 saturated carbocycles. The fourth-order valence-electron chi connectivity index (χ4n) is 1.47. The zero-order valence-electron chi connectivity index (χ0n) is 9.95. The Morgan fingerprint density at radius 1 is 1.19 bits per heavy atom. The summed E-state index contributed by atoms with van der Waals surface area (Å²) in [5.41, 5.74) is 5.35. The Morgan fingerprint density at radius 2 is 1.81 bits per heavy atom. The number of likely N-dealkylation sites (N-methyl/N-ethyl adjacent to an activating group) is 1. The Hall–Kier alpha value is -1.10. The van der Waals surface area contributed by atoms with Crippen LogP contribution in [0.2, 0.25) is 0 Å². The van der Waals surface area contributed by atoms with Crippen LogP contribution >= 0.6 is 0 Å². The van der Waals surface area contributed by atoms with Crippen LogP contribution in [-0.4, -0.2) is 41.5 Å². The highest BCUT2D eigenvalue weighted by molar-refractivity contribution is 5.81. The molecule has 0 fully saturated rings. The van der Waals surface area contributed by atoms with Gasteiger partial charge in [0.15, 0.2) is 0 Å². The first-order valence-corrected chi connectivity index (χ1v) is 5.81. The van der Waals surface area contributed by atoms with Crippen LogP contribution in [0.1, 0.15) is 39.0 Å². The summed E-state index contributed by atoms with van der Waals surface area (Å²) in [4.78, 5) is 23.4. The number of amides is 1. The number of carbonyl (C=O) groups is 2. The minimum absolute atomic E-state index is 0.0716. The van der Waals surface area contributed by atoms with Gasteiger partial charge in [0.2, 0.25) is 5.91 Å². The molecule has 0 heterocycles. The molecule has 0 aliphatic heterocycles. The van der Waals surface area contributed by atoms with Crippen molar-refractivity contribution >= 4 is 11.9 Å². The van der Waals surface area contributed by atoms with Crippen LogP contribution in [0, 0.1) is 0 Å². The van der Waals surface area contributed by atoms with Crippen molar-refractivity contribution in [3.8, 4) is 0 Å². The number of aliphatic carboxylic acids is 1. The van der Waals surface area contributed by atoms with Gasteiger partial charge in [-0.3, -0.25) is 9.59 Å². The molecule has 0 radical (unpaired) electrons. The van der Waals surface area contributed by atoms with Gasteiger partial charge in [0.25, 0.3) is 0 Å². The van der Waals surface area contributed by atoms with Crippen molar-refractivity contribution in [1.29, 1.82) is 0 Å². The molecule has 0 atom stereocenters. The van der Waals surface area contributed by atoms with Gasteiger partial charge < -0.3 is 15.7 Å². The van der Waals surface area contributed by atoms with Crippen LogP contribution < -0.4 is 5.73 Å². The summed E-state index contributed by atoms with van der Waals surface area (Å²) in [5.74, 6) is -1.03. The fraction of sp³-hybridized carbons (Fsp3) is 0.818. The van der Waals surface area contributed by atoms with E-state index < -0.39 is 5.97 Å². The minimum atomic E-state index is -0.960. The summed E-state index contributed by atoms with van der Waals surface area (Å²) >= 11 is 0. The molecule has 0 aromatic rings. The Labute approximate surface area is 96.6 Å². The number of carboxylic acids is 1. The topological polar surface area (TPSA) is 83.6 Å². The molecule has 94 valence electrons. The van der Waals surface area contributed by atoms with E-state index in [4.69, 9.17) is 10.8 Å². The molecule has 16 heavy (non-hydrogen) atoms. The quantitative estimate of drug-likeness (QED) is 0.575. The predicted octanol–water partition coefficient (Wildman–Crippen LogP) is 0.829. The zero-order valence-corrected chi connectivity index (χ0v) is 9.95. The molecule has 0 rings (SSSR count). The van der Waals surface area contributed by atoms with Crippen molar-refractivity contribution in [2.24, 2.45) is 5.73 Å². The molecule has 0 aromatic heterocycles. The summed E-state index contributed by atoms with van der Waals surface area (Å²) in [5, 5.41) is 8.60.